The number of carbonyl (C=O) groups is 1. The van der Waals surface area contributed by atoms with Gasteiger partial charge >= 0.3 is 5.97 Å². The molecule has 2 aromatic carbocycles. The largest absolute Gasteiger partial charge is 0.488 e. The van der Waals surface area contributed by atoms with Crippen molar-refractivity contribution in [1.82, 2.24) is 0 Å². The Bertz CT molecular complexity index is 683. The van der Waals surface area contributed by atoms with Crippen molar-refractivity contribution in [3.8, 4) is 5.75 Å². The van der Waals surface area contributed by atoms with Crippen molar-refractivity contribution >= 4 is 28.0 Å². The first-order chi connectivity index (χ1) is 10.1. The van der Waals surface area contributed by atoms with Gasteiger partial charge in [0.25, 0.3) is 0 Å². The lowest BCUT2D eigenvalue weighted by molar-refractivity contribution is -0.131. The van der Waals surface area contributed by atoms with Gasteiger partial charge < -0.3 is 9.84 Å². The van der Waals surface area contributed by atoms with Crippen LogP contribution in [0.5, 0.6) is 5.75 Å². The summed E-state index contributed by atoms with van der Waals surface area (Å²) in [5.41, 5.74) is 1.20. The van der Waals surface area contributed by atoms with Crippen LogP contribution in [0.1, 0.15) is 11.1 Å². The van der Waals surface area contributed by atoms with Crippen LogP contribution in [-0.2, 0) is 11.4 Å². The molecule has 0 radical (unpaired) electrons. The van der Waals surface area contributed by atoms with E-state index in [1.807, 2.05) is 0 Å². The lowest BCUT2D eigenvalue weighted by Crippen LogP contribution is -1.98. The summed E-state index contributed by atoms with van der Waals surface area (Å²) in [6.45, 7) is 0.121. The number of ether oxygens (including phenoxy) is 1. The Morgan fingerprint density at radius 1 is 1.29 bits per heavy atom. The fourth-order valence-electron chi connectivity index (χ4n) is 1.68. The second-order valence-electron chi connectivity index (χ2n) is 4.24. The maximum absolute atomic E-state index is 13.5. The van der Waals surface area contributed by atoms with Crippen LogP contribution in [0.2, 0.25) is 0 Å². The Kier molecular flexibility index (Phi) is 5.11. The third-order valence-corrected chi connectivity index (χ3v) is 3.34. The molecule has 0 amide bonds. The molecule has 2 aromatic rings. The topological polar surface area (TPSA) is 46.5 Å². The normalized spacial score (nSPS) is 10.8. The summed E-state index contributed by atoms with van der Waals surface area (Å²) < 4.78 is 19.7. The third kappa shape index (κ3) is 4.43. The van der Waals surface area contributed by atoms with Crippen LogP contribution in [0.15, 0.2) is 53.0 Å². The van der Waals surface area contributed by atoms with E-state index in [-0.39, 0.29) is 12.4 Å². The number of rotatable bonds is 5. The molecule has 0 aliphatic carbocycles. The summed E-state index contributed by atoms with van der Waals surface area (Å²) in [5.74, 6) is -0.758. The molecule has 0 spiro atoms. The number of halogens is 2. The minimum Gasteiger partial charge on any atom is -0.488 e. The van der Waals surface area contributed by atoms with Gasteiger partial charge in [-0.25, -0.2) is 9.18 Å². The van der Waals surface area contributed by atoms with E-state index in [4.69, 9.17) is 9.84 Å². The standard InChI is InChI=1S/C16H12BrFO3/c17-13-9-11(6-8-16(19)20)5-7-15(13)21-10-12-3-1-2-4-14(12)18/h1-9H,10H2,(H,19,20). The molecule has 0 atom stereocenters. The van der Waals surface area contributed by atoms with Crippen molar-refractivity contribution in [2.75, 3.05) is 0 Å². The fourth-order valence-corrected chi connectivity index (χ4v) is 2.19. The van der Waals surface area contributed by atoms with Crippen molar-refractivity contribution in [3.05, 3.63) is 70.0 Å². The van der Waals surface area contributed by atoms with E-state index in [1.54, 1.807) is 36.4 Å². The molecule has 1 N–H and O–H groups in total. The van der Waals surface area contributed by atoms with Gasteiger partial charge in [0.15, 0.2) is 0 Å². The van der Waals surface area contributed by atoms with Gasteiger partial charge in [-0.3, -0.25) is 0 Å². The zero-order valence-corrected chi connectivity index (χ0v) is 12.5. The number of carboxylic acids is 1. The molecule has 0 aliphatic heterocycles. The number of benzene rings is 2. The van der Waals surface area contributed by atoms with E-state index in [2.05, 4.69) is 15.9 Å². The molecule has 0 saturated heterocycles. The van der Waals surface area contributed by atoms with E-state index in [0.29, 0.717) is 15.8 Å². The molecular formula is C16H12BrFO3. The van der Waals surface area contributed by atoms with Crippen LogP contribution in [-0.4, -0.2) is 11.1 Å². The minimum atomic E-state index is -1.01. The van der Waals surface area contributed by atoms with Crippen molar-refractivity contribution < 1.29 is 19.0 Å². The third-order valence-electron chi connectivity index (χ3n) is 2.72. The minimum absolute atomic E-state index is 0.121. The quantitative estimate of drug-likeness (QED) is 0.819. The average molecular weight is 351 g/mol. The van der Waals surface area contributed by atoms with Gasteiger partial charge in [0.2, 0.25) is 0 Å². The highest BCUT2D eigenvalue weighted by molar-refractivity contribution is 9.10. The van der Waals surface area contributed by atoms with Gasteiger partial charge in [-0.15, -0.1) is 0 Å². The molecule has 0 bridgehead atoms. The van der Waals surface area contributed by atoms with Crippen LogP contribution < -0.4 is 4.74 Å². The van der Waals surface area contributed by atoms with E-state index in [9.17, 15) is 9.18 Å². The predicted molar refractivity (Wildman–Crippen MR) is 81.5 cm³/mol. The lowest BCUT2D eigenvalue weighted by Gasteiger charge is -2.09. The summed E-state index contributed by atoms with van der Waals surface area (Å²) in [4.78, 5) is 10.5. The van der Waals surface area contributed by atoms with Gasteiger partial charge in [0, 0.05) is 11.6 Å². The van der Waals surface area contributed by atoms with Crippen LogP contribution in [0.3, 0.4) is 0 Å². The Balaban J connectivity index is 2.08. The first-order valence-corrected chi connectivity index (χ1v) is 6.92. The highest BCUT2D eigenvalue weighted by atomic mass is 79.9. The molecule has 0 aliphatic rings. The Morgan fingerprint density at radius 2 is 2.05 bits per heavy atom. The van der Waals surface area contributed by atoms with Crippen molar-refractivity contribution in [2.24, 2.45) is 0 Å². The van der Waals surface area contributed by atoms with Crippen molar-refractivity contribution in [2.45, 2.75) is 6.61 Å². The number of hydrogen-bond acceptors (Lipinski definition) is 2. The fraction of sp³-hybridized carbons (Fsp3) is 0.0625. The Morgan fingerprint density at radius 3 is 2.71 bits per heavy atom. The summed E-state index contributed by atoms with van der Waals surface area (Å²) in [6, 6.07) is 11.6. The van der Waals surface area contributed by atoms with Crippen LogP contribution in [0, 0.1) is 5.82 Å². The molecule has 0 unspecified atom stereocenters. The molecule has 5 heteroatoms. The molecule has 0 saturated carbocycles. The van der Waals surface area contributed by atoms with E-state index >= 15 is 0 Å². The second kappa shape index (κ2) is 7.04. The molecule has 0 fully saturated rings. The Labute approximate surface area is 129 Å². The van der Waals surface area contributed by atoms with Crippen molar-refractivity contribution in [3.63, 3.8) is 0 Å². The van der Waals surface area contributed by atoms with Gasteiger partial charge in [0.05, 0.1) is 4.47 Å². The van der Waals surface area contributed by atoms with Crippen LogP contribution in [0.4, 0.5) is 4.39 Å². The van der Waals surface area contributed by atoms with Gasteiger partial charge in [-0.05, 0) is 45.8 Å². The van der Waals surface area contributed by atoms with Crippen LogP contribution >= 0.6 is 15.9 Å². The highest BCUT2D eigenvalue weighted by Gasteiger charge is 2.05. The number of hydrogen-bond donors (Lipinski definition) is 1. The molecule has 0 aromatic heterocycles. The highest BCUT2D eigenvalue weighted by Crippen LogP contribution is 2.27. The van der Waals surface area contributed by atoms with Gasteiger partial charge in [-0.2, -0.15) is 0 Å². The SMILES string of the molecule is O=C(O)C=Cc1ccc(OCc2ccccc2F)c(Br)c1. The molecule has 3 nitrogen and oxygen atoms in total. The number of carboxylic acid groups (broad SMARTS) is 1. The lowest BCUT2D eigenvalue weighted by atomic mass is 10.2. The van der Waals surface area contributed by atoms with E-state index < -0.39 is 5.97 Å². The monoisotopic (exact) mass is 350 g/mol. The maximum Gasteiger partial charge on any atom is 0.328 e. The molecule has 0 heterocycles. The summed E-state index contributed by atoms with van der Waals surface area (Å²) in [5, 5.41) is 8.58. The van der Waals surface area contributed by atoms with E-state index in [0.717, 1.165) is 11.6 Å². The van der Waals surface area contributed by atoms with Crippen molar-refractivity contribution in [1.29, 1.82) is 0 Å². The molecular weight excluding hydrogens is 339 g/mol. The molecule has 108 valence electrons. The maximum atomic E-state index is 13.5. The first kappa shape index (κ1) is 15.3. The zero-order chi connectivity index (χ0) is 15.2. The Hall–Kier alpha value is -2.14. The van der Waals surface area contributed by atoms with Crippen LogP contribution in [0.25, 0.3) is 6.08 Å². The summed E-state index contributed by atoms with van der Waals surface area (Å²) in [6.07, 6.45) is 2.54. The molecule has 21 heavy (non-hydrogen) atoms. The van der Waals surface area contributed by atoms with Gasteiger partial charge in [-0.1, -0.05) is 24.3 Å². The van der Waals surface area contributed by atoms with Gasteiger partial charge in [0.1, 0.15) is 18.2 Å². The zero-order valence-electron chi connectivity index (χ0n) is 10.9. The summed E-state index contributed by atoms with van der Waals surface area (Å²) >= 11 is 3.35. The first-order valence-electron chi connectivity index (χ1n) is 6.13. The number of aliphatic carboxylic acids is 1. The smallest absolute Gasteiger partial charge is 0.328 e. The second-order valence-corrected chi connectivity index (χ2v) is 5.10. The van der Waals surface area contributed by atoms with E-state index in [1.165, 1.54) is 12.1 Å². The summed E-state index contributed by atoms with van der Waals surface area (Å²) in [7, 11) is 0. The predicted octanol–water partition coefficient (Wildman–Crippen LogP) is 4.27. The average Bonchev–Trinajstić information content (AvgIpc) is 2.45. The molecule has 2 rings (SSSR count).